The van der Waals surface area contributed by atoms with Crippen LogP contribution >= 0.6 is 0 Å². The zero-order chi connectivity index (χ0) is 12.0. The Bertz CT molecular complexity index is 327. The highest BCUT2D eigenvalue weighted by molar-refractivity contribution is 5.80. The largest absolute Gasteiger partial charge is 0.383 e. The van der Waals surface area contributed by atoms with Crippen molar-refractivity contribution in [1.29, 1.82) is 0 Å². The summed E-state index contributed by atoms with van der Waals surface area (Å²) in [5.74, 6) is -0.373. The summed E-state index contributed by atoms with van der Waals surface area (Å²) in [7, 11) is 0. The van der Waals surface area contributed by atoms with E-state index in [1.54, 1.807) is 0 Å². The van der Waals surface area contributed by atoms with E-state index in [0.29, 0.717) is 6.54 Å². The second-order valence-corrected chi connectivity index (χ2v) is 3.73. The van der Waals surface area contributed by atoms with Crippen LogP contribution in [0.4, 0.5) is 0 Å². The predicted molar refractivity (Wildman–Crippen MR) is 62.7 cm³/mol. The van der Waals surface area contributed by atoms with Crippen molar-refractivity contribution in [3.05, 3.63) is 35.9 Å². The fraction of sp³-hybridized carbons (Fsp3) is 0.417. The SMILES string of the molecule is CC(NC(=O)C(O)CCN)c1ccccc1. The molecule has 0 fully saturated rings. The molecule has 1 rings (SSSR count). The number of nitrogens with one attached hydrogen (secondary N) is 1. The molecule has 0 aliphatic carbocycles. The lowest BCUT2D eigenvalue weighted by Gasteiger charge is -2.16. The molecule has 2 unspecified atom stereocenters. The molecule has 0 saturated carbocycles. The van der Waals surface area contributed by atoms with Gasteiger partial charge >= 0.3 is 0 Å². The van der Waals surface area contributed by atoms with E-state index in [4.69, 9.17) is 5.73 Å². The molecular weight excluding hydrogens is 204 g/mol. The molecule has 0 aromatic heterocycles. The van der Waals surface area contributed by atoms with Crippen molar-refractivity contribution in [2.75, 3.05) is 6.54 Å². The highest BCUT2D eigenvalue weighted by Gasteiger charge is 2.16. The molecule has 1 aromatic carbocycles. The normalized spacial score (nSPS) is 14.2. The van der Waals surface area contributed by atoms with E-state index in [0.717, 1.165) is 5.56 Å². The van der Waals surface area contributed by atoms with Gasteiger partial charge < -0.3 is 16.2 Å². The maximum absolute atomic E-state index is 11.5. The summed E-state index contributed by atoms with van der Waals surface area (Å²) < 4.78 is 0. The molecule has 1 aromatic rings. The quantitative estimate of drug-likeness (QED) is 0.682. The van der Waals surface area contributed by atoms with Gasteiger partial charge in [-0.25, -0.2) is 0 Å². The van der Waals surface area contributed by atoms with Crippen LogP contribution < -0.4 is 11.1 Å². The molecule has 2 atom stereocenters. The van der Waals surface area contributed by atoms with Crippen LogP contribution in [0.5, 0.6) is 0 Å². The van der Waals surface area contributed by atoms with Crippen LogP contribution in [0.1, 0.15) is 24.9 Å². The minimum absolute atomic E-state index is 0.110. The van der Waals surface area contributed by atoms with Gasteiger partial charge in [-0.2, -0.15) is 0 Å². The first kappa shape index (κ1) is 12.7. The van der Waals surface area contributed by atoms with Crippen LogP contribution in [0.15, 0.2) is 30.3 Å². The Morgan fingerprint density at radius 1 is 1.44 bits per heavy atom. The number of carbonyl (C=O) groups is 1. The van der Waals surface area contributed by atoms with E-state index < -0.39 is 6.10 Å². The molecule has 1 amide bonds. The van der Waals surface area contributed by atoms with Crippen LogP contribution in [0, 0.1) is 0 Å². The Balaban J connectivity index is 2.51. The number of rotatable bonds is 5. The molecule has 4 N–H and O–H groups in total. The van der Waals surface area contributed by atoms with Gasteiger partial charge in [-0.3, -0.25) is 4.79 Å². The summed E-state index contributed by atoms with van der Waals surface area (Å²) >= 11 is 0. The van der Waals surface area contributed by atoms with Crippen LogP contribution in [0.2, 0.25) is 0 Å². The van der Waals surface area contributed by atoms with Gasteiger partial charge in [0.05, 0.1) is 6.04 Å². The summed E-state index contributed by atoms with van der Waals surface area (Å²) in [6, 6.07) is 9.49. The maximum Gasteiger partial charge on any atom is 0.249 e. The average Bonchev–Trinajstić information content (AvgIpc) is 2.30. The average molecular weight is 222 g/mol. The van der Waals surface area contributed by atoms with E-state index in [1.165, 1.54) is 0 Å². The molecule has 4 heteroatoms. The van der Waals surface area contributed by atoms with Crippen molar-refractivity contribution in [3.8, 4) is 0 Å². The van der Waals surface area contributed by atoms with Crippen molar-refractivity contribution in [3.63, 3.8) is 0 Å². The number of amides is 1. The molecule has 16 heavy (non-hydrogen) atoms. The first-order valence-electron chi connectivity index (χ1n) is 5.38. The van der Waals surface area contributed by atoms with Crippen molar-refractivity contribution in [2.24, 2.45) is 5.73 Å². The number of benzene rings is 1. The van der Waals surface area contributed by atoms with Gasteiger partial charge in [-0.15, -0.1) is 0 Å². The summed E-state index contributed by atoms with van der Waals surface area (Å²) in [4.78, 5) is 11.5. The highest BCUT2D eigenvalue weighted by atomic mass is 16.3. The van der Waals surface area contributed by atoms with Crippen molar-refractivity contribution in [1.82, 2.24) is 5.32 Å². The topological polar surface area (TPSA) is 75.3 Å². The fourth-order valence-corrected chi connectivity index (χ4v) is 1.42. The maximum atomic E-state index is 11.5. The summed E-state index contributed by atoms with van der Waals surface area (Å²) in [5.41, 5.74) is 6.28. The smallest absolute Gasteiger partial charge is 0.249 e. The predicted octanol–water partition coefficient (Wildman–Crippen LogP) is 0.573. The summed E-state index contributed by atoms with van der Waals surface area (Å²) in [6.07, 6.45) is -0.732. The standard InChI is InChI=1S/C12H18N2O2/c1-9(10-5-3-2-4-6-10)14-12(16)11(15)7-8-13/h2-6,9,11,15H,7-8,13H2,1H3,(H,14,16). The molecule has 0 radical (unpaired) electrons. The Morgan fingerprint density at radius 2 is 2.06 bits per heavy atom. The number of hydrogen-bond donors (Lipinski definition) is 3. The Labute approximate surface area is 95.5 Å². The first-order valence-corrected chi connectivity index (χ1v) is 5.38. The van der Waals surface area contributed by atoms with E-state index in [1.807, 2.05) is 37.3 Å². The Morgan fingerprint density at radius 3 is 2.62 bits per heavy atom. The number of aliphatic hydroxyl groups is 1. The lowest BCUT2D eigenvalue weighted by Crippen LogP contribution is -2.37. The zero-order valence-corrected chi connectivity index (χ0v) is 9.39. The molecule has 4 nitrogen and oxygen atoms in total. The van der Waals surface area contributed by atoms with Crippen LogP contribution in [-0.2, 0) is 4.79 Å². The molecule has 0 bridgehead atoms. The number of hydrogen-bond acceptors (Lipinski definition) is 3. The zero-order valence-electron chi connectivity index (χ0n) is 9.39. The van der Waals surface area contributed by atoms with E-state index in [9.17, 15) is 9.90 Å². The molecule has 0 aliphatic rings. The van der Waals surface area contributed by atoms with Gasteiger partial charge in [0, 0.05) is 0 Å². The van der Waals surface area contributed by atoms with Crippen molar-refractivity contribution >= 4 is 5.91 Å². The third kappa shape index (κ3) is 3.64. The number of aliphatic hydroxyl groups excluding tert-OH is 1. The van der Waals surface area contributed by atoms with E-state index in [2.05, 4.69) is 5.32 Å². The lowest BCUT2D eigenvalue weighted by molar-refractivity contribution is -0.130. The van der Waals surface area contributed by atoms with Gasteiger partial charge in [-0.1, -0.05) is 30.3 Å². The summed E-state index contributed by atoms with van der Waals surface area (Å²) in [5, 5.41) is 12.2. The van der Waals surface area contributed by atoms with Gasteiger partial charge in [0.1, 0.15) is 6.10 Å². The minimum atomic E-state index is -1.02. The van der Waals surface area contributed by atoms with E-state index >= 15 is 0 Å². The molecular formula is C12H18N2O2. The number of carbonyl (C=O) groups excluding carboxylic acids is 1. The minimum Gasteiger partial charge on any atom is -0.383 e. The lowest BCUT2D eigenvalue weighted by atomic mass is 10.1. The fourth-order valence-electron chi connectivity index (χ4n) is 1.42. The molecule has 0 saturated heterocycles. The Hall–Kier alpha value is -1.39. The van der Waals surface area contributed by atoms with Crippen molar-refractivity contribution in [2.45, 2.75) is 25.5 Å². The number of nitrogens with two attached hydrogens (primary N) is 1. The molecule has 0 heterocycles. The molecule has 88 valence electrons. The van der Waals surface area contributed by atoms with E-state index in [-0.39, 0.29) is 18.4 Å². The van der Waals surface area contributed by atoms with Crippen LogP contribution in [-0.4, -0.2) is 23.7 Å². The van der Waals surface area contributed by atoms with Gasteiger partial charge in [0.2, 0.25) is 5.91 Å². The van der Waals surface area contributed by atoms with Crippen LogP contribution in [0.3, 0.4) is 0 Å². The monoisotopic (exact) mass is 222 g/mol. The first-order chi connectivity index (χ1) is 7.65. The molecule has 0 spiro atoms. The second kappa shape index (κ2) is 6.25. The van der Waals surface area contributed by atoms with Crippen molar-refractivity contribution < 1.29 is 9.90 Å². The Kier molecular flexibility index (Phi) is 4.95. The van der Waals surface area contributed by atoms with Gasteiger partial charge in [0.15, 0.2) is 0 Å². The third-order valence-corrected chi connectivity index (χ3v) is 2.40. The molecule has 0 aliphatic heterocycles. The highest BCUT2D eigenvalue weighted by Crippen LogP contribution is 2.11. The van der Waals surface area contributed by atoms with Crippen LogP contribution in [0.25, 0.3) is 0 Å². The second-order valence-electron chi connectivity index (χ2n) is 3.73. The van der Waals surface area contributed by atoms with Gasteiger partial charge in [-0.05, 0) is 25.5 Å². The third-order valence-electron chi connectivity index (χ3n) is 2.40. The summed E-state index contributed by atoms with van der Waals surface area (Å²) in [6.45, 7) is 2.18. The van der Waals surface area contributed by atoms with Gasteiger partial charge in [0.25, 0.3) is 0 Å².